The number of amides is 2. The quantitative estimate of drug-likeness (QED) is 0.635. The van der Waals surface area contributed by atoms with E-state index in [0.29, 0.717) is 29.7 Å². The van der Waals surface area contributed by atoms with Gasteiger partial charge in [0.15, 0.2) is 0 Å². The molecule has 0 radical (unpaired) electrons. The van der Waals surface area contributed by atoms with E-state index < -0.39 is 6.04 Å². The standard InChI is InChI=1S/C24H31Cl2N3O3/c1-17-23(32)28(11-2-10-27-12-9-24(7-8-24)21(30)16-27)13-14-29(17)22(31)6-4-18-3-5-19(25)20(26)15-18/h3-6,15,17,21,30H,2,7-14,16H2,1H3/b6-4+/t17?,21-/m1/s1. The van der Waals surface area contributed by atoms with Crippen LogP contribution >= 0.6 is 23.2 Å². The molecule has 1 unspecified atom stereocenters. The second-order valence-corrected chi connectivity index (χ2v) is 10.1. The Hall–Kier alpha value is -1.60. The van der Waals surface area contributed by atoms with Gasteiger partial charge in [0.1, 0.15) is 6.04 Å². The van der Waals surface area contributed by atoms with Crippen LogP contribution in [0.2, 0.25) is 10.0 Å². The van der Waals surface area contributed by atoms with E-state index in [1.807, 2.05) is 4.90 Å². The summed E-state index contributed by atoms with van der Waals surface area (Å²) in [5.74, 6) is -0.198. The Morgan fingerprint density at radius 2 is 1.94 bits per heavy atom. The van der Waals surface area contributed by atoms with Gasteiger partial charge >= 0.3 is 0 Å². The highest BCUT2D eigenvalue weighted by molar-refractivity contribution is 6.42. The van der Waals surface area contributed by atoms with Gasteiger partial charge in [0.25, 0.3) is 0 Å². The zero-order chi connectivity index (χ0) is 22.9. The van der Waals surface area contributed by atoms with Gasteiger partial charge in [0.05, 0.1) is 16.1 Å². The molecule has 1 aliphatic carbocycles. The lowest BCUT2D eigenvalue weighted by Gasteiger charge is -2.39. The van der Waals surface area contributed by atoms with E-state index in [4.69, 9.17) is 23.2 Å². The van der Waals surface area contributed by atoms with E-state index in [2.05, 4.69) is 4.90 Å². The summed E-state index contributed by atoms with van der Waals surface area (Å²) in [7, 11) is 0. The Kier molecular flexibility index (Phi) is 7.15. The predicted molar refractivity (Wildman–Crippen MR) is 127 cm³/mol. The Balaban J connectivity index is 1.24. The van der Waals surface area contributed by atoms with Crippen LogP contribution in [0.5, 0.6) is 0 Å². The lowest BCUT2D eigenvalue weighted by Crippen LogP contribution is -2.57. The van der Waals surface area contributed by atoms with Crippen molar-refractivity contribution in [3.63, 3.8) is 0 Å². The summed E-state index contributed by atoms with van der Waals surface area (Å²) in [5.41, 5.74) is 1.000. The van der Waals surface area contributed by atoms with Crippen LogP contribution in [-0.2, 0) is 9.59 Å². The minimum absolute atomic E-state index is 0.0110. The first-order chi connectivity index (χ1) is 15.3. The summed E-state index contributed by atoms with van der Waals surface area (Å²) in [6, 6.07) is 4.69. The molecule has 3 aliphatic rings. The fraction of sp³-hybridized carbons (Fsp3) is 0.583. The number of hydrogen-bond acceptors (Lipinski definition) is 4. The van der Waals surface area contributed by atoms with Gasteiger partial charge in [0.2, 0.25) is 11.8 Å². The number of halogens is 2. The fourth-order valence-corrected chi connectivity index (χ4v) is 5.15. The number of aliphatic hydroxyl groups excluding tert-OH is 1. The maximum atomic E-state index is 12.8. The molecule has 2 saturated heterocycles. The number of rotatable bonds is 6. The molecule has 32 heavy (non-hydrogen) atoms. The third kappa shape index (κ3) is 5.14. The summed E-state index contributed by atoms with van der Waals surface area (Å²) < 4.78 is 0. The first-order valence-corrected chi connectivity index (χ1v) is 12.2. The summed E-state index contributed by atoms with van der Waals surface area (Å²) in [6.07, 6.45) is 7.26. The molecule has 2 atom stereocenters. The van der Waals surface area contributed by atoms with Gasteiger partial charge in [-0.1, -0.05) is 29.3 Å². The fourth-order valence-electron chi connectivity index (χ4n) is 4.84. The molecular formula is C24H31Cl2N3O3. The highest BCUT2D eigenvalue weighted by Gasteiger charge is 2.51. The monoisotopic (exact) mass is 479 g/mol. The van der Waals surface area contributed by atoms with E-state index in [0.717, 1.165) is 38.0 Å². The van der Waals surface area contributed by atoms with Gasteiger partial charge in [-0.15, -0.1) is 0 Å². The van der Waals surface area contributed by atoms with Crippen molar-refractivity contribution in [2.24, 2.45) is 5.41 Å². The van der Waals surface area contributed by atoms with Crippen molar-refractivity contribution in [3.05, 3.63) is 39.9 Å². The summed E-state index contributed by atoms with van der Waals surface area (Å²) in [4.78, 5) is 31.3. The van der Waals surface area contributed by atoms with Crippen molar-refractivity contribution >= 4 is 41.1 Å². The van der Waals surface area contributed by atoms with Crippen LogP contribution in [-0.4, -0.2) is 83.0 Å². The molecule has 8 heteroatoms. The van der Waals surface area contributed by atoms with Crippen LogP contribution < -0.4 is 0 Å². The molecule has 4 rings (SSSR count). The number of likely N-dealkylation sites (tertiary alicyclic amines) is 1. The molecule has 3 fully saturated rings. The summed E-state index contributed by atoms with van der Waals surface area (Å²) >= 11 is 12.0. The number of piperazine rings is 1. The molecule has 6 nitrogen and oxygen atoms in total. The normalized spacial score (nSPS) is 25.7. The van der Waals surface area contributed by atoms with E-state index in [1.54, 1.807) is 36.1 Å². The van der Waals surface area contributed by atoms with E-state index in [9.17, 15) is 14.7 Å². The van der Waals surface area contributed by atoms with Crippen molar-refractivity contribution < 1.29 is 14.7 Å². The minimum Gasteiger partial charge on any atom is -0.391 e. The molecule has 1 aromatic carbocycles. The first-order valence-electron chi connectivity index (χ1n) is 11.4. The number of hydrogen-bond donors (Lipinski definition) is 1. The zero-order valence-electron chi connectivity index (χ0n) is 18.5. The third-order valence-corrected chi connectivity index (χ3v) is 7.99. The molecule has 2 aliphatic heterocycles. The second-order valence-electron chi connectivity index (χ2n) is 9.32. The summed E-state index contributed by atoms with van der Waals surface area (Å²) in [5, 5.41) is 11.3. The topological polar surface area (TPSA) is 64.1 Å². The number of benzene rings is 1. The predicted octanol–water partition coefficient (Wildman–Crippen LogP) is 3.30. The van der Waals surface area contributed by atoms with Gasteiger partial charge in [-0.25, -0.2) is 0 Å². The number of carbonyl (C=O) groups is 2. The van der Waals surface area contributed by atoms with Gasteiger partial charge in [-0.3, -0.25) is 9.59 Å². The molecular weight excluding hydrogens is 449 g/mol. The van der Waals surface area contributed by atoms with Crippen LogP contribution in [0.1, 0.15) is 38.2 Å². The Bertz CT molecular complexity index is 902. The number of β-amino-alcohol motifs (C(OH)–C–C–N with tert-alkyl or cyclic N) is 1. The van der Waals surface area contributed by atoms with Crippen LogP contribution in [0.4, 0.5) is 0 Å². The SMILES string of the molecule is CC1C(=O)N(CCCN2CCC3(CC3)[C@H](O)C2)CCN1C(=O)/C=C/c1ccc(Cl)c(Cl)c1. The molecule has 1 aromatic rings. The Labute approximate surface area is 199 Å². The van der Waals surface area contributed by atoms with Gasteiger partial charge in [0, 0.05) is 32.3 Å². The van der Waals surface area contributed by atoms with Crippen molar-refractivity contribution in [1.29, 1.82) is 0 Å². The number of aliphatic hydroxyl groups is 1. The molecule has 0 bridgehead atoms. The second kappa shape index (κ2) is 9.72. The smallest absolute Gasteiger partial charge is 0.247 e. The molecule has 1 saturated carbocycles. The summed E-state index contributed by atoms with van der Waals surface area (Å²) in [6.45, 7) is 6.20. The van der Waals surface area contributed by atoms with Crippen molar-refractivity contribution in [2.75, 3.05) is 39.3 Å². The maximum Gasteiger partial charge on any atom is 0.247 e. The van der Waals surface area contributed by atoms with Gasteiger partial charge in [-0.05, 0) is 74.9 Å². The molecule has 0 aromatic heterocycles. The van der Waals surface area contributed by atoms with E-state index in [1.165, 1.54) is 18.9 Å². The Morgan fingerprint density at radius 3 is 2.62 bits per heavy atom. The third-order valence-electron chi connectivity index (χ3n) is 7.25. The first kappa shape index (κ1) is 23.6. The minimum atomic E-state index is -0.485. The van der Waals surface area contributed by atoms with E-state index >= 15 is 0 Å². The average Bonchev–Trinajstić information content (AvgIpc) is 3.55. The number of piperidine rings is 1. The van der Waals surface area contributed by atoms with Crippen LogP contribution in [0.15, 0.2) is 24.3 Å². The van der Waals surface area contributed by atoms with Crippen molar-refractivity contribution in [1.82, 2.24) is 14.7 Å². The largest absolute Gasteiger partial charge is 0.391 e. The van der Waals surface area contributed by atoms with Gasteiger partial charge in [-0.2, -0.15) is 0 Å². The molecule has 1 N–H and O–H groups in total. The lowest BCUT2D eigenvalue weighted by molar-refractivity contribution is -0.148. The van der Waals surface area contributed by atoms with Gasteiger partial charge < -0.3 is 19.8 Å². The molecule has 174 valence electrons. The molecule has 2 heterocycles. The van der Waals surface area contributed by atoms with E-state index in [-0.39, 0.29) is 23.3 Å². The number of nitrogens with zero attached hydrogens (tertiary/aromatic N) is 3. The van der Waals surface area contributed by atoms with Crippen LogP contribution in [0.25, 0.3) is 6.08 Å². The van der Waals surface area contributed by atoms with Crippen LogP contribution in [0, 0.1) is 5.41 Å². The lowest BCUT2D eigenvalue weighted by atomic mass is 9.90. The van der Waals surface area contributed by atoms with Crippen LogP contribution in [0.3, 0.4) is 0 Å². The highest BCUT2D eigenvalue weighted by Crippen LogP contribution is 2.53. The number of carbonyl (C=O) groups excluding carboxylic acids is 2. The average molecular weight is 480 g/mol. The molecule has 2 amide bonds. The maximum absolute atomic E-state index is 12.8. The highest BCUT2D eigenvalue weighted by atomic mass is 35.5. The van der Waals surface area contributed by atoms with Crippen molar-refractivity contribution in [2.45, 2.75) is 44.8 Å². The van der Waals surface area contributed by atoms with Crippen molar-refractivity contribution in [3.8, 4) is 0 Å². The molecule has 1 spiro atoms. The zero-order valence-corrected chi connectivity index (χ0v) is 20.0. The Morgan fingerprint density at radius 1 is 1.16 bits per heavy atom.